The minimum absolute atomic E-state index is 0.0938. The van der Waals surface area contributed by atoms with Crippen molar-refractivity contribution in [3.8, 4) is 0 Å². The van der Waals surface area contributed by atoms with Gasteiger partial charge in [0.15, 0.2) is 0 Å². The van der Waals surface area contributed by atoms with Gasteiger partial charge >= 0.3 is 13.8 Å². The molecule has 0 radical (unpaired) electrons. The second-order valence-corrected chi connectivity index (χ2v) is 4.40. The minimum atomic E-state index is -4.39. The lowest BCUT2D eigenvalue weighted by Gasteiger charge is -2.03. The first kappa shape index (κ1) is 21.1. The standard InChI is InChI=1S/C6H6.C5H11O6P.CH5N/c1-2-4-6-5-3-1;1-10-5(6)3-2-4-11-12(7,8)9;1-2/h1-6H;2-4H2,1H3,(H2,7,8,9);2H2,1H3. The molecular formula is C12H22NO6P. The highest BCUT2D eigenvalue weighted by atomic mass is 31.2. The number of ether oxygens (including phenoxy) is 1. The molecule has 0 aliphatic carbocycles. The van der Waals surface area contributed by atoms with Gasteiger partial charge in [-0.1, -0.05) is 36.4 Å². The highest BCUT2D eigenvalue weighted by molar-refractivity contribution is 7.46. The monoisotopic (exact) mass is 307 g/mol. The van der Waals surface area contributed by atoms with E-state index in [1.54, 1.807) is 0 Å². The largest absolute Gasteiger partial charge is 0.469 e. The van der Waals surface area contributed by atoms with Crippen LogP contribution < -0.4 is 5.73 Å². The van der Waals surface area contributed by atoms with Crippen molar-refractivity contribution < 1.29 is 28.4 Å². The Kier molecular flexibility index (Phi) is 14.9. The van der Waals surface area contributed by atoms with Gasteiger partial charge in [-0.2, -0.15) is 0 Å². The molecule has 8 heteroatoms. The fourth-order valence-corrected chi connectivity index (χ4v) is 1.25. The second-order valence-electron chi connectivity index (χ2n) is 3.16. The van der Waals surface area contributed by atoms with E-state index in [4.69, 9.17) is 9.79 Å². The van der Waals surface area contributed by atoms with Gasteiger partial charge in [0.1, 0.15) is 0 Å². The number of carbonyl (C=O) groups excluding carboxylic acids is 1. The number of rotatable bonds is 5. The third-order valence-corrected chi connectivity index (χ3v) is 2.20. The van der Waals surface area contributed by atoms with E-state index in [1.165, 1.54) is 14.2 Å². The molecule has 0 aliphatic rings. The van der Waals surface area contributed by atoms with Crippen LogP contribution in [0.1, 0.15) is 12.8 Å². The number of hydrogen-bond acceptors (Lipinski definition) is 5. The first-order valence-corrected chi connectivity index (χ1v) is 7.33. The van der Waals surface area contributed by atoms with E-state index in [1.807, 2.05) is 36.4 Å². The Morgan fingerprint density at radius 3 is 1.80 bits per heavy atom. The summed E-state index contributed by atoms with van der Waals surface area (Å²) in [5.74, 6) is -0.427. The predicted octanol–water partition coefficient (Wildman–Crippen LogP) is 1.31. The van der Waals surface area contributed by atoms with Gasteiger partial charge in [0.2, 0.25) is 0 Å². The van der Waals surface area contributed by atoms with Gasteiger partial charge in [0.05, 0.1) is 13.7 Å². The Labute approximate surface area is 118 Å². The Hall–Kier alpha value is -1.24. The number of carbonyl (C=O) groups is 1. The van der Waals surface area contributed by atoms with Gasteiger partial charge < -0.3 is 20.3 Å². The number of methoxy groups -OCH3 is 1. The van der Waals surface area contributed by atoms with Crippen LogP contribution in [0.25, 0.3) is 0 Å². The molecule has 0 spiro atoms. The van der Waals surface area contributed by atoms with Crippen LogP contribution in [0.3, 0.4) is 0 Å². The molecule has 20 heavy (non-hydrogen) atoms. The summed E-state index contributed by atoms with van der Waals surface area (Å²) in [6, 6.07) is 12.0. The lowest BCUT2D eigenvalue weighted by atomic mass is 10.3. The van der Waals surface area contributed by atoms with E-state index < -0.39 is 13.8 Å². The molecule has 0 aromatic heterocycles. The smallest absolute Gasteiger partial charge is 0.469 e. The number of hydrogen-bond donors (Lipinski definition) is 3. The number of phosphoric ester groups is 1. The maximum atomic E-state index is 10.5. The van der Waals surface area contributed by atoms with Gasteiger partial charge in [0, 0.05) is 6.42 Å². The van der Waals surface area contributed by atoms with Crippen molar-refractivity contribution >= 4 is 13.8 Å². The molecule has 0 saturated carbocycles. The molecule has 1 aromatic rings. The minimum Gasteiger partial charge on any atom is -0.469 e. The lowest BCUT2D eigenvalue weighted by molar-refractivity contribution is -0.140. The summed E-state index contributed by atoms with van der Waals surface area (Å²) in [5.41, 5.74) is 4.50. The fraction of sp³-hybridized carbons (Fsp3) is 0.417. The molecule has 0 bridgehead atoms. The van der Waals surface area contributed by atoms with Crippen molar-refractivity contribution in [1.82, 2.24) is 0 Å². The van der Waals surface area contributed by atoms with Crippen LogP contribution in [-0.2, 0) is 18.6 Å². The number of phosphoric acid groups is 1. The summed E-state index contributed by atoms with van der Waals surface area (Å²) >= 11 is 0. The van der Waals surface area contributed by atoms with Crippen LogP contribution in [0.5, 0.6) is 0 Å². The Morgan fingerprint density at radius 1 is 1.10 bits per heavy atom. The van der Waals surface area contributed by atoms with E-state index in [0.29, 0.717) is 0 Å². The van der Waals surface area contributed by atoms with Crippen molar-refractivity contribution in [1.29, 1.82) is 0 Å². The Balaban J connectivity index is 0. The summed E-state index contributed by atoms with van der Waals surface area (Å²) < 4.78 is 18.5. The summed E-state index contributed by atoms with van der Waals surface area (Å²) in [5, 5.41) is 0. The molecule has 1 rings (SSSR count). The normalized spacial score (nSPS) is 9.45. The molecule has 1 aromatic carbocycles. The second kappa shape index (κ2) is 14.2. The van der Waals surface area contributed by atoms with Crippen LogP contribution >= 0.6 is 7.82 Å². The average molecular weight is 307 g/mol. The topological polar surface area (TPSA) is 119 Å². The van der Waals surface area contributed by atoms with Gasteiger partial charge in [0.25, 0.3) is 0 Å². The highest BCUT2D eigenvalue weighted by Crippen LogP contribution is 2.35. The summed E-state index contributed by atoms with van der Waals surface area (Å²) in [6.07, 6.45) is 0.328. The molecule has 0 atom stereocenters. The van der Waals surface area contributed by atoms with Crippen LogP contribution in [0.15, 0.2) is 36.4 Å². The molecule has 0 unspecified atom stereocenters. The predicted molar refractivity (Wildman–Crippen MR) is 75.8 cm³/mol. The third kappa shape index (κ3) is 19.1. The van der Waals surface area contributed by atoms with Crippen LogP contribution in [-0.4, -0.2) is 36.5 Å². The number of nitrogens with two attached hydrogens (primary N) is 1. The summed E-state index contributed by atoms with van der Waals surface area (Å²) in [4.78, 5) is 26.9. The summed E-state index contributed by atoms with van der Waals surface area (Å²) in [7, 11) is -1.64. The van der Waals surface area contributed by atoms with E-state index >= 15 is 0 Å². The molecule has 116 valence electrons. The molecule has 0 saturated heterocycles. The van der Waals surface area contributed by atoms with Crippen molar-refractivity contribution in [3.63, 3.8) is 0 Å². The SMILES string of the molecule is CN.COC(=O)CCCOP(=O)(O)O.c1ccccc1. The lowest BCUT2D eigenvalue weighted by Crippen LogP contribution is -2.02. The van der Waals surface area contributed by atoms with Crippen molar-refractivity contribution in [2.75, 3.05) is 20.8 Å². The maximum Gasteiger partial charge on any atom is 0.469 e. The number of benzene rings is 1. The molecule has 0 amide bonds. The highest BCUT2D eigenvalue weighted by Gasteiger charge is 2.13. The van der Waals surface area contributed by atoms with E-state index in [-0.39, 0.29) is 19.4 Å². The van der Waals surface area contributed by atoms with Gasteiger partial charge in [-0.3, -0.25) is 9.32 Å². The zero-order valence-corrected chi connectivity index (χ0v) is 12.5. The van der Waals surface area contributed by atoms with Crippen molar-refractivity contribution in [2.45, 2.75) is 12.8 Å². The molecule has 0 fully saturated rings. The average Bonchev–Trinajstić information content (AvgIpc) is 2.47. The molecule has 0 aliphatic heterocycles. The van der Waals surface area contributed by atoms with Crippen LogP contribution in [0.4, 0.5) is 0 Å². The Bertz CT molecular complexity index is 341. The van der Waals surface area contributed by atoms with Crippen LogP contribution in [0, 0.1) is 0 Å². The van der Waals surface area contributed by atoms with E-state index in [9.17, 15) is 9.36 Å². The van der Waals surface area contributed by atoms with Gasteiger partial charge in [-0.15, -0.1) is 0 Å². The van der Waals surface area contributed by atoms with E-state index in [2.05, 4.69) is 15.0 Å². The fourth-order valence-electron chi connectivity index (χ4n) is 0.887. The maximum absolute atomic E-state index is 10.5. The zero-order valence-electron chi connectivity index (χ0n) is 11.6. The molecule has 7 nitrogen and oxygen atoms in total. The zero-order chi connectivity index (χ0) is 15.9. The molecule has 0 heterocycles. The first-order valence-electron chi connectivity index (χ1n) is 5.80. The summed E-state index contributed by atoms with van der Waals surface area (Å²) in [6.45, 7) is -0.153. The van der Waals surface area contributed by atoms with Crippen molar-refractivity contribution in [2.24, 2.45) is 5.73 Å². The molecular weight excluding hydrogens is 285 g/mol. The number of esters is 1. The van der Waals surface area contributed by atoms with Gasteiger partial charge in [-0.25, -0.2) is 4.57 Å². The van der Waals surface area contributed by atoms with Gasteiger partial charge in [-0.05, 0) is 13.5 Å². The van der Waals surface area contributed by atoms with Crippen molar-refractivity contribution in [3.05, 3.63) is 36.4 Å². The third-order valence-electron chi connectivity index (χ3n) is 1.68. The molecule has 4 N–H and O–H groups in total. The quantitative estimate of drug-likeness (QED) is 0.426. The van der Waals surface area contributed by atoms with Crippen LogP contribution in [0.2, 0.25) is 0 Å². The van der Waals surface area contributed by atoms with E-state index in [0.717, 1.165) is 0 Å². The Morgan fingerprint density at radius 2 is 1.50 bits per heavy atom. The first-order chi connectivity index (χ1) is 9.45.